The van der Waals surface area contributed by atoms with E-state index in [2.05, 4.69) is 9.97 Å². The van der Waals surface area contributed by atoms with Crippen LogP contribution in [0.2, 0.25) is 10.0 Å². The lowest BCUT2D eigenvalue weighted by molar-refractivity contribution is 1.17. The van der Waals surface area contributed by atoms with Gasteiger partial charge in [-0.1, -0.05) is 59.7 Å². The van der Waals surface area contributed by atoms with Crippen LogP contribution in [-0.2, 0) is 0 Å². The van der Waals surface area contributed by atoms with Gasteiger partial charge in [-0.2, -0.15) is 0 Å². The van der Waals surface area contributed by atoms with Gasteiger partial charge in [0.15, 0.2) is 0 Å². The van der Waals surface area contributed by atoms with Crippen molar-refractivity contribution in [2.24, 2.45) is 0 Å². The van der Waals surface area contributed by atoms with Crippen LogP contribution >= 0.6 is 35.4 Å². The van der Waals surface area contributed by atoms with Crippen LogP contribution in [0.25, 0.3) is 22.4 Å². The molecule has 3 aromatic rings. The summed E-state index contributed by atoms with van der Waals surface area (Å²) in [5.74, 6) is 0. The predicted molar refractivity (Wildman–Crippen MR) is 95.7 cm³/mol. The Hall–Kier alpha value is -1.81. The largest absolute Gasteiger partial charge is 0.244 e. The second-order valence-corrected chi connectivity index (χ2v) is 5.73. The van der Waals surface area contributed by atoms with Crippen LogP contribution < -0.4 is 0 Å². The molecule has 1 heterocycles. The highest BCUT2D eigenvalue weighted by molar-refractivity contribution is 7.79. The van der Waals surface area contributed by atoms with Crippen molar-refractivity contribution in [1.82, 2.24) is 9.97 Å². The molecule has 0 atom stereocenters. The van der Waals surface area contributed by atoms with Gasteiger partial charge in [0.1, 0.15) is 6.33 Å². The highest BCUT2D eigenvalue weighted by Crippen LogP contribution is 2.34. The lowest BCUT2D eigenvalue weighted by Crippen LogP contribution is -1.92. The van der Waals surface area contributed by atoms with E-state index in [1.165, 1.54) is 6.33 Å². The van der Waals surface area contributed by atoms with Gasteiger partial charge >= 0.3 is 0 Å². The van der Waals surface area contributed by atoms with Gasteiger partial charge in [-0.15, -0.1) is 0 Å². The molecule has 5 heteroatoms. The standard InChI is InChI=1S/C17H10Cl2N2S/c18-13-4-2-12(3-5-13)15-8-20-10-21-17(15)14-6-1-11(9-22)7-16(14)19/h1-10H. The molecular formula is C17H10Cl2N2S. The first kappa shape index (κ1) is 15.1. The zero-order chi connectivity index (χ0) is 15.5. The van der Waals surface area contributed by atoms with Gasteiger partial charge in [-0.3, -0.25) is 0 Å². The van der Waals surface area contributed by atoms with E-state index in [1.54, 1.807) is 11.6 Å². The molecule has 0 N–H and O–H groups in total. The first-order chi connectivity index (χ1) is 10.7. The van der Waals surface area contributed by atoms with E-state index in [0.717, 1.165) is 27.9 Å². The molecule has 0 aliphatic rings. The van der Waals surface area contributed by atoms with Crippen molar-refractivity contribution < 1.29 is 0 Å². The molecule has 0 amide bonds. The Kier molecular flexibility index (Phi) is 4.48. The summed E-state index contributed by atoms with van der Waals surface area (Å²) in [5, 5.41) is 2.88. The van der Waals surface area contributed by atoms with Crippen molar-refractivity contribution in [3.63, 3.8) is 0 Å². The minimum atomic E-state index is 0.604. The fourth-order valence-electron chi connectivity index (χ4n) is 2.18. The molecule has 0 radical (unpaired) electrons. The van der Waals surface area contributed by atoms with Crippen LogP contribution in [-0.4, -0.2) is 15.3 Å². The number of nitrogens with zero attached hydrogens (tertiary/aromatic N) is 2. The van der Waals surface area contributed by atoms with E-state index in [0.29, 0.717) is 10.0 Å². The van der Waals surface area contributed by atoms with Crippen molar-refractivity contribution in [1.29, 1.82) is 0 Å². The maximum absolute atomic E-state index is 6.38. The van der Waals surface area contributed by atoms with Crippen LogP contribution in [0.5, 0.6) is 0 Å². The number of halogens is 2. The second kappa shape index (κ2) is 6.53. The van der Waals surface area contributed by atoms with Gasteiger partial charge in [0.2, 0.25) is 0 Å². The Morgan fingerprint density at radius 2 is 1.73 bits per heavy atom. The molecule has 0 unspecified atom stereocenters. The van der Waals surface area contributed by atoms with Gasteiger partial charge in [0.05, 0.1) is 10.7 Å². The molecule has 0 aliphatic heterocycles. The van der Waals surface area contributed by atoms with E-state index in [1.807, 2.05) is 42.5 Å². The molecule has 0 bridgehead atoms. The monoisotopic (exact) mass is 344 g/mol. The molecule has 2 aromatic carbocycles. The van der Waals surface area contributed by atoms with Crippen molar-refractivity contribution >= 4 is 40.8 Å². The van der Waals surface area contributed by atoms with Crippen LogP contribution in [0, 0.1) is 0 Å². The first-order valence-corrected chi connectivity index (χ1v) is 7.73. The maximum atomic E-state index is 6.38. The van der Waals surface area contributed by atoms with Gasteiger partial charge in [-0.05, 0) is 29.3 Å². The Labute approximate surface area is 143 Å². The van der Waals surface area contributed by atoms with Gasteiger partial charge in [0, 0.05) is 27.7 Å². The summed E-state index contributed by atoms with van der Waals surface area (Å²) in [5.41, 5.74) is 4.39. The van der Waals surface area contributed by atoms with E-state index >= 15 is 0 Å². The molecule has 0 saturated carbocycles. The highest BCUT2D eigenvalue weighted by Gasteiger charge is 2.12. The minimum Gasteiger partial charge on any atom is -0.244 e. The summed E-state index contributed by atoms with van der Waals surface area (Å²) < 4.78 is 0. The minimum absolute atomic E-state index is 0.604. The maximum Gasteiger partial charge on any atom is 0.116 e. The number of hydrogen-bond acceptors (Lipinski definition) is 3. The third-order valence-electron chi connectivity index (χ3n) is 3.25. The summed E-state index contributed by atoms with van der Waals surface area (Å²) >= 11 is 17.3. The Balaban J connectivity index is 2.16. The molecule has 0 aliphatic carbocycles. The zero-order valence-electron chi connectivity index (χ0n) is 11.3. The summed E-state index contributed by atoms with van der Waals surface area (Å²) in [4.78, 5) is 8.52. The molecule has 0 saturated heterocycles. The Morgan fingerprint density at radius 3 is 2.41 bits per heavy atom. The van der Waals surface area contributed by atoms with Crippen molar-refractivity contribution in [3.8, 4) is 22.4 Å². The number of benzene rings is 2. The van der Waals surface area contributed by atoms with Crippen molar-refractivity contribution in [2.45, 2.75) is 0 Å². The fourth-order valence-corrected chi connectivity index (χ4v) is 2.73. The van der Waals surface area contributed by atoms with E-state index in [4.69, 9.17) is 35.4 Å². The quantitative estimate of drug-likeness (QED) is 0.589. The van der Waals surface area contributed by atoms with Crippen LogP contribution in [0.4, 0.5) is 0 Å². The van der Waals surface area contributed by atoms with E-state index in [-0.39, 0.29) is 0 Å². The third kappa shape index (κ3) is 3.02. The Morgan fingerprint density at radius 1 is 0.955 bits per heavy atom. The van der Waals surface area contributed by atoms with Crippen LogP contribution in [0.1, 0.15) is 5.56 Å². The SMILES string of the molecule is S=Cc1ccc(-c2ncncc2-c2ccc(Cl)cc2)c(Cl)c1. The molecular weight excluding hydrogens is 335 g/mol. The molecule has 3 rings (SSSR count). The van der Waals surface area contributed by atoms with Crippen LogP contribution in [0.15, 0.2) is 55.0 Å². The lowest BCUT2D eigenvalue weighted by atomic mass is 10.00. The smallest absolute Gasteiger partial charge is 0.116 e. The lowest BCUT2D eigenvalue weighted by Gasteiger charge is -2.10. The van der Waals surface area contributed by atoms with Crippen molar-refractivity contribution in [3.05, 3.63) is 70.6 Å². The molecule has 2 nitrogen and oxygen atoms in total. The average Bonchev–Trinajstić information content (AvgIpc) is 2.55. The predicted octanol–water partition coefficient (Wildman–Crippen LogP) is 5.47. The summed E-state index contributed by atoms with van der Waals surface area (Å²) in [6.07, 6.45) is 3.28. The normalized spacial score (nSPS) is 10.5. The first-order valence-electron chi connectivity index (χ1n) is 6.50. The third-order valence-corrected chi connectivity index (χ3v) is 4.09. The van der Waals surface area contributed by atoms with Gasteiger partial charge in [0.25, 0.3) is 0 Å². The highest BCUT2D eigenvalue weighted by atomic mass is 35.5. The average molecular weight is 345 g/mol. The summed E-state index contributed by atoms with van der Waals surface area (Å²) in [6.45, 7) is 0. The molecule has 1 aromatic heterocycles. The molecule has 108 valence electrons. The van der Waals surface area contributed by atoms with Gasteiger partial charge in [-0.25, -0.2) is 9.97 Å². The topological polar surface area (TPSA) is 25.8 Å². The van der Waals surface area contributed by atoms with E-state index < -0.39 is 0 Å². The van der Waals surface area contributed by atoms with Crippen molar-refractivity contribution in [2.75, 3.05) is 0 Å². The fraction of sp³-hybridized carbons (Fsp3) is 0. The number of hydrogen-bond donors (Lipinski definition) is 0. The number of aromatic nitrogens is 2. The zero-order valence-corrected chi connectivity index (χ0v) is 13.7. The second-order valence-electron chi connectivity index (χ2n) is 4.65. The molecule has 0 fully saturated rings. The van der Waals surface area contributed by atoms with Crippen LogP contribution in [0.3, 0.4) is 0 Å². The molecule has 0 spiro atoms. The summed E-state index contributed by atoms with van der Waals surface area (Å²) in [6, 6.07) is 13.2. The Bertz CT molecular complexity index is 832. The molecule has 22 heavy (non-hydrogen) atoms. The number of rotatable bonds is 3. The van der Waals surface area contributed by atoms with Gasteiger partial charge < -0.3 is 0 Å². The van der Waals surface area contributed by atoms with E-state index in [9.17, 15) is 0 Å². The number of thiocarbonyl (C=S) groups is 1. The summed E-state index contributed by atoms with van der Waals surface area (Å²) in [7, 11) is 0.